The van der Waals surface area contributed by atoms with Gasteiger partial charge in [-0.1, -0.05) is 37.3 Å². The molecule has 1 aliphatic heterocycles. The van der Waals surface area contributed by atoms with Crippen molar-refractivity contribution < 1.29 is 19.1 Å². The lowest BCUT2D eigenvalue weighted by molar-refractivity contribution is -0.136. The van der Waals surface area contributed by atoms with E-state index in [1.165, 1.54) is 5.56 Å². The molecule has 2 N–H and O–H groups in total. The number of aryl methyl sites for hydroxylation is 1. The van der Waals surface area contributed by atoms with Crippen molar-refractivity contribution in [2.75, 3.05) is 31.6 Å². The van der Waals surface area contributed by atoms with Gasteiger partial charge in [-0.3, -0.25) is 14.4 Å². The second-order valence-corrected chi connectivity index (χ2v) is 7.64. The van der Waals surface area contributed by atoms with Crippen molar-refractivity contribution in [2.45, 2.75) is 26.2 Å². The monoisotopic (exact) mass is 423 g/mol. The lowest BCUT2D eigenvalue weighted by Crippen LogP contribution is -2.44. The molecule has 31 heavy (non-hydrogen) atoms. The average Bonchev–Trinajstić information content (AvgIpc) is 2.82. The number of nitrogens with one attached hydrogen (secondary N) is 2. The number of anilines is 1. The number of benzene rings is 2. The molecule has 0 aromatic heterocycles. The molecule has 0 aliphatic carbocycles. The summed E-state index contributed by atoms with van der Waals surface area (Å²) in [6, 6.07) is 16.7. The summed E-state index contributed by atoms with van der Waals surface area (Å²) in [7, 11) is 0. The number of nitrogens with zero attached hydrogens (tertiary/aromatic N) is 1. The Hall–Kier alpha value is -3.35. The van der Waals surface area contributed by atoms with Crippen molar-refractivity contribution in [1.82, 2.24) is 10.2 Å². The van der Waals surface area contributed by atoms with E-state index in [1.54, 1.807) is 17.0 Å². The molecule has 0 saturated carbocycles. The summed E-state index contributed by atoms with van der Waals surface area (Å²) in [6.07, 6.45) is 2.47. The number of para-hydroxylation sites is 1. The Balaban J connectivity index is 1.34. The lowest BCUT2D eigenvalue weighted by Gasteiger charge is -2.32. The first-order valence-corrected chi connectivity index (χ1v) is 10.7. The quantitative estimate of drug-likeness (QED) is 0.670. The molecule has 0 unspecified atom stereocenters. The van der Waals surface area contributed by atoms with Crippen LogP contribution in [0.25, 0.3) is 0 Å². The van der Waals surface area contributed by atoms with Crippen LogP contribution in [0.3, 0.4) is 0 Å². The Morgan fingerprint density at radius 2 is 1.65 bits per heavy atom. The molecule has 0 bridgehead atoms. The zero-order chi connectivity index (χ0) is 22.1. The van der Waals surface area contributed by atoms with Crippen LogP contribution in [0.15, 0.2) is 54.6 Å². The molecule has 2 aromatic rings. The summed E-state index contributed by atoms with van der Waals surface area (Å²) in [4.78, 5) is 38.3. The molecule has 7 heteroatoms. The average molecular weight is 424 g/mol. The molecule has 0 radical (unpaired) electrons. The fraction of sp³-hybridized carbons (Fsp3) is 0.375. The summed E-state index contributed by atoms with van der Waals surface area (Å²) in [5, 5.41) is 5.32. The number of piperidine rings is 1. The molecular formula is C24H29N3O4. The molecule has 2 aromatic carbocycles. The largest absolute Gasteiger partial charge is 0.484 e. The van der Waals surface area contributed by atoms with E-state index in [9.17, 15) is 14.4 Å². The minimum atomic E-state index is -0.671. The van der Waals surface area contributed by atoms with E-state index in [4.69, 9.17) is 4.74 Å². The number of carbonyl (C=O) groups excluding carboxylic acids is 3. The van der Waals surface area contributed by atoms with Gasteiger partial charge >= 0.3 is 11.8 Å². The molecule has 1 heterocycles. The summed E-state index contributed by atoms with van der Waals surface area (Å²) in [5.74, 6) is -0.447. The smallest absolute Gasteiger partial charge is 0.313 e. The first kappa shape index (κ1) is 22.3. The summed E-state index contributed by atoms with van der Waals surface area (Å²) < 4.78 is 5.52. The Morgan fingerprint density at radius 3 is 2.29 bits per heavy atom. The van der Waals surface area contributed by atoms with Gasteiger partial charge < -0.3 is 20.3 Å². The van der Waals surface area contributed by atoms with Gasteiger partial charge in [-0.2, -0.15) is 0 Å². The van der Waals surface area contributed by atoms with Crippen LogP contribution < -0.4 is 15.4 Å². The second-order valence-electron chi connectivity index (χ2n) is 7.64. The second kappa shape index (κ2) is 11.2. The van der Waals surface area contributed by atoms with Gasteiger partial charge in [0.1, 0.15) is 5.75 Å². The zero-order valence-electron chi connectivity index (χ0n) is 17.8. The highest BCUT2D eigenvalue weighted by Gasteiger charge is 2.24. The van der Waals surface area contributed by atoms with E-state index in [1.807, 2.05) is 42.5 Å². The fourth-order valence-corrected chi connectivity index (χ4v) is 3.47. The molecule has 0 spiro atoms. The molecule has 1 fully saturated rings. The fourth-order valence-electron chi connectivity index (χ4n) is 3.47. The number of carbonyl (C=O) groups is 3. The maximum atomic E-state index is 12.3. The maximum absolute atomic E-state index is 12.3. The molecule has 0 atom stereocenters. The zero-order valence-corrected chi connectivity index (χ0v) is 17.8. The van der Waals surface area contributed by atoms with E-state index >= 15 is 0 Å². The highest BCUT2D eigenvalue weighted by molar-refractivity contribution is 6.39. The van der Waals surface area contributed by atoms with Crippen LogP contribution in [-0.2, 0) is 20.8 Å². The first-order valence-electron chi connectivity index (χ1n) is 10.7. The molecule has 164 valence electrons. The third-order valence-electron chi connectivity index (χ3n) is 5.45. The summed E-state index contributed by atoms with van der Waals surface area (Å²) in [6.45, 7) is 3.73. The van der Waals surface area contributed by atoms with E-state index in [2.05, 4.69) is 17.6 Å². The van der Waals surface area contributed by atoms with Crippen molar-refractivity contribution in [2.24, 2.45) is 5.92 Å². The molecular weight excluding hydrogens is 394 g/mol. The predicted molar refractivity (Wildman–Crippen MR) is 119 cm³/mol. The summed E-state index contributed by atoms with van der Waals surface area (Å²) >= 11 is 0. The predicted octanol–water partition coefficient (Wildman–Crippen LogP) is 2.62. The SMILES string of the molecule is CCc1ccc(NC(=O)C(=O)NCC2CCN(C(=O)COc3ccccc3)CC2)cc1. The molecule has 3 rings (SSSR count). The van der Waals surface area contributed by atoms with Gasteiger partial charge in [-0.25, -0.2) is 0 Å². The minimum Gasteiger partial charge on any atom is -0.484 e. The van der Waals surface area contributed by atoms with Crippen LogP contribution >= 0.6 is 0 Å². The first-order chi connectivity index (χ1) is 15.0. The summed E-state index contributed by atoms with van der Waals surface area (Å²) in [5.41, 5.74) is 1.76. The number of ether oxygens (including phenoxy) is 1. The number of hydrogen-bond acceptors (Lipinski definition) is 4. The van der Waals surface area contributed by atoms with Crippen LogP contribution in [0.2, 0.25) is 0 Å². The topological polar surface area (TPSA) is 87.7 Å². The van der Waals surface area contributed by atoms with E-state index in [0.717, 1.165) is 19.3 Å². The Morgan fingerprint density at radius 1 is 0.968 bits per heavy atom. The normalized spacial score (nSPS) is 14.0. The molecule has 3 amide bonds. The molecule has 1 saturated heterocycles. The van der Waals surface area contributed by atoms with E-state index in [-0.39, 0.29) is 18.4 Å². The van der Waals surface area contributed by atoms with Crippen molar-refractivity contribution in [3.63, 3.8) is 0 Å². The van der Waals surface area contributed by atoms with Gasteiger partial charge in [0.25, 0.3) is 5.91 Å². The number of rotatable bonds is 7. The highest BCUT2D eigenvalue weighted by Crippen LogP contribution is 2.17. The minimum absolute atomic E-state index is 0.0187. The van der Waals surface area contributed by atoms with Crippen molar-refractivity contribution in [3.8, 4) is 5.75 Å². The van der Waals surface area contributed by atoms with Crippen molar-refractivity contribution in [3.05, 3.63) is 60.2 Å². The number of likely N-dealkylation sites (tertiary alicyclic amines) is 1. The molecule has 1 aliphatic rings. The van der Waals surface area contributed by atoms with Crippen molar-refractivity contribution in [1.29, 1.82) is 0 Å². The lowest BCUT2D eigenvalue weighted by atomic mass is 9.96. The number of amides is 3. The van der Waals surface area contributed by atoms with Crippen LogP contribution in [0.5, 0.6) is 5.75 Å². The van der Waals surface area contributed by atoms with Crippen LogP contribution in [-0.4, -0.2) is 48.9 Å². The number of hydrogen-bond donors (Lipinski definition) is 2. The Bertz CT molecular complexity index is 875. The highest BCUT2D eigenvalue weighted by atomic mass is 16.5. The van der Waals surface area contributed by atoms with Gasteiger partial charge in [-0.15, -0.1) is 0 Å². The van der Waals surface area contributed by atoms with Crippen LogP contribution in [0, 0.1) is 5.92 Å². The van der Waals surface area contributed by atoms with Crippen molar-refractivity contribution >= 4 is 23.4 Å². The van der Waals surface area contributed by atoms with Gasteiger partial charge in [-0.05, 0) is 55.0 Å². The van der Waals surface area contributed by atoms with Gasteiger partial charge in [0.05, 0.1) is 0 Å². The molecule has 7 nitrogen and oxygen atoms in total. The van der Waals surface area contributed by atoms with Crippen LogP contribution in [0.4, 0.5) is 5.69 Å². The van der Waals surface area contributed by atoms with E-state index < -0.39 is 11.8 Å². The Kier molecular flexibility index (Phi) is 8.04. The van der Waals surface area contributed by atoms with Gasteiger partial charge in [0.2, 0.25) is 0 Å². The van der Waals surface area contributed by atoms with Gasteiger partial charge in [0, 0.05) is 25.3 Å². The van der Waals surface area contributed by atoms with Gasteiger partial charge in [0.15, 0.2) is 6.61 Å². The third-order valence-corrected chi connectivity index (χ3v) is 5.45. The van der Waals surface area contributed by atoms with Crippen LogP contribution in [0.1, 0.15) is 25.3 Å². The van der Waals surface area contributed by atoms with E-state index in [0.29, 0.717) is 31.1 Å². The Labute approximate surface area is 182 Å². The standard InChI is InChI=1S/C24H29N3O4/c1-2-18-8-10-20(11-9-18)26-24(30)23(29)25-16-19-12-14-27(15-13-19)22(28)17-31-21-6-4-3-5-7-21/h3-11,19H,2,12-17H2,1H3,(H,25,29)(H,26,30). The third kappa shape index (κ3) is 6.84. The maximum Gasteiger partial charge on any atom is 0.313 e.